The minimum absolute atomic E-state index is 0. The highest BCUT2D eigenvalue weighted by Gasteiger charge is 2.34. The molecule has 0 saturated carbocycles. The van der Waals surface area contributed by atoms with Crippen LogP contribution in [0.1, 0.15) is 119 Å². The Hall–Kier alpha value is -6.25. The van der Waals surface area contributed by atoms with Crippen molar-refractivity contribution in [3.05, 3.63) is 67.4 Å². The Morgan fingerprint density at radius 1 is 0.680 bits per heavy atom. The summed E-state index contributed by atoms with van der Waals surface area (Å²) < 4.78 is 34.5. The van der Waals surface area contributed by atoms with Gasteiger partial charge in [-0.1, -0.05) is 37.3 Å². The lowest BCUT2D eigenvalue weighted by atomic mass is 10.1. The van der Waals surface area contributed by atoms with Gasteiger partial charge in [-0.05, 0) is 120 Å². The molecule has 3 unspecified atom stereocenters. The zero-order valence-electron chi connectivity index (χ0n) is 45.4. The molecule has 3 atom stereocenters. The summed E-state index contributed by atoms with van der Waals surface area (Å²) in [5, 5.41) is 4.60. The molecule has 2 aromatic heterocycles. The van der Waals surface area contributed by atoms with E-state index in [1.165, 1.54) is 25.7 Å². The minimum Gasteiger partial charge on any atom is -0.444 e. The van der Waals surface area contributed by atoms with Crippen LogP contribution in [0.4, 0.5) is 9.59 Å². The zero-order valence-corrected chi connectivity index (χ0v) is 47.4. The van der Waals surface area contributed by atoms with Gasteiger partial charge in [-0.25, -0.2) is 19.2 Å². The lowest BCUT2D eigenvalue weighted by Gasteiger charge is -2.33. The number of piperidine rings is 4. The molecule has 0 bridgehead atoms. The van der Waals surface area contributed by atoms with Gasteiger partial charge in [0.05, 0.1) is 39.8 Å². The molecule has 4 fully saturated rings. The smallest absolute Gasteiger partial charge is 0.410 e. The van der Waals surface area contributed by atoms with Crippen molar-refractivity contribution in [2.45, 2.75) is 136 Å². The summed E-state index contributed by atoms with van der Waals surface area (Å²) in [4.78, 5) is 100.0. The summed E-state index contributed by atoms with van der Waals surface area (Å²) in [5.41, 5.74) is 1.75. The number of rotatable bonds is 6. The first-order chi connectivity index (χ1) is 35.5. The van der Waals surface area contributed by atoms with Crippen LogP contribution < -0.4 is 22.0 Å². The van der Waals surface area contributed by atoms with Gasteiger partial charge in [0.1, 0.15) is 36.5 Å². The van der Waals surface area contributed by atoms with Crippen LogP contribution >= 0.6 is 25.8 Å². The molecule has 2 N–H and O–H groups in total. The second-order valence-corrected chi connectivity index (χ2v) is 21.0. The summed E-state index contributed by atoms with van der Waals surface area (Å²) >= 11 is 3.42. The number of nitrogens with one attached hydrogen (secondary N) is 2. The number of carbonyl (C=O) groups excluding carboxylic acids is 6. The Balaban J connectivity index is 0.000000264. The molecule has 20 nitrogen and oxygen atoms in total. The Morgan fingerprint density at radius 3 is 1.52 bits per heavy atom. The Bertz CT molecular complexity index is 2970. The van der Waals surface area contributed by atoms with Crippen LogP contribution in [0.2, 0.25) is 0 Å². The van der Waals surface area contributed by atoms with E-state index < -0.39 is 35.1 Å². The average molecular weight is 1130 g/mol. The zero-order chi connectivity index (χ0) is 55.4. The third-order valence-electron chi connectivity index (χ3n) is 12.4. The Morgan fingerprint density at radius 2 is 1.09 bits per heavy atom. The second kappa shape index (κ2) is 26.5. The summed E-state index contributed by atoms with van der Waals surface area (Å²) in [6, 6.07) is 9.47. The molecule has 22 heteroatoms. The number of para-hydroxylation sites is 2. The van der Waals surface area contributed by atoms with E-state index in [-0.39, 0.29) is 83.4 Å². The predicted molar refractivity (Wildman–Crippen MR) is 292 cm³/mol. The molecular weight excluding hydrogens is 1050 g/mol. The molecular formula is C53H72BrN8O12P. The van der Waals surface area contributed by atoms with Crippen LogP contribution in [0, 0.1) is 24.2 Å². The van der Waals surface area contributed by atoms with Crippen molar-refractivity contribution in [1.29, 1.82) is 0 Å². The number of nitrogens with zero attached hydrogens (tertiary/aromatic N) is 6. The third kappa shape index (κ3) is 15.7. The molecule has 4 aliphatic heterocycles. The molecule has 75 heavy (non-hydrogen) atoms. The van der Waals surface area contributed by atoms with E-state index in [0.717, 1.165) is 22.8 Å². The van der Waals surface area contributed by atoms with Crippen LogP contribution in [-0.4, -0.2) is 127 Å². The Kier molecular flexibility index (Phi) is 21.1. The molecule has 2 aromatic carbocycles. The van der Waals surface area contributed by atoms with Crippen molar-refractivity contribution in [1.82, 2.24) is 38.7 Å². The fourth-order valence-corrected chi connectivity index (χ4v) is 9.53. The van der Waals surface area contributed by atoms with E-state index in [1.54, 1.807) is 42.1 Å². The van der Waals surface area contributed by atoms with Gasteiger partial charge in [-0.2, -0.15) is 9.90 Å². The van der Waals surface area contributed by atoms with E-state index in [2.05, 4.69) is 44.3 Å². The molecule has 4 aliphatic rings. The van der Waals surface area contributed by atoms with Gasteiger partial charge in [0.15, 0.2) is 0 Å². The van der Waals surface area contributed by atoms with Crippen LogP contribution in [0.15, 0.2) is 50.5 Å². The van der Waals surface area contributed by atoms with Crippen LogP contribution in [-0.2, 0) is 52.2 Å². The first kappa shape index (κ1) is 59.6. The maximum atomic E-state index is 13.0. The number of terminal acetylenes is 1. The van der Waals surface area contributed by atoms with Crippen LogP contribution in [0.3, 0.4) is 0 Å². The topological polar surface area (TPSA) is 224 Å². The number of ether oxygens (including phenoxy) is 4. The highest BCUT2D eigenvalue weighted by atomic mass is 79.9. The highest BCUT2D eigenvalue weighted by molar-refractivity contribution is 9.10. The number of benzene rings is 2. The quantitative estimate of drug-likeness (QED) is 0.131. The standard InChI is InChI=1S/C26H32N4O6.C13H12BrN3O3.C13H21NO3.CH4.H3P/c1-26(2,3)36-25(34)29-14-12-18(13-15-29)35-16-6-8-17-7-5-9-19-22(17)28(4)24(33)30(19)20-10-11-21(31)27-23(20)32;1-16-11-7(14)3-2-4-8(11)17(13(16)20)9-5-6-10(18)15-12(9)19;1-5-10-16-11-6-8-14(9-7-11)12(15)17-13(2,3)4;;/h5,7,9,18,20H,10-16H2,1-4H3,(H,27,31,32);2-4,9H,5-6H2,1H3,(H,15,18,19);1,11H,6-10H2,2-4H3;1H4;1H3/i;;;1T;. The van der Waals surface area contributed by atoms with Crippen molar-refractivity contribution >= 4 is 83.7 Å². The number of aryl methyl sites for hydroxylation is 2. The molecule has 6 amide bonds. The number of aromatic nitrogens is 4. The normalized spacial score (nSPS) is 18.4. The van der Waals surface area contributed by atoms with Crippen LogP contribution in [0.5, 0.6) is 0 Å². The van der Waals surface area contributed by atoms with Crippen molar-refractivity contribution in [3.8, 4) is 24.2 Å². The van der Waals surface area contributed by atoms with Gasteiger partial charge >= 0.3 is 23.6 Å². The van der Waals surface area contributed by atoms with Gasteiger partial charge in [0.2, 0.25) is 23.6 Å². The van der Waals surface area contributed by atoms with Crippen molar-refractivity contribution in [2.75, 3.05) is 39.4 Å². The number of likely N-dealkylation sites (tertiary alicyclic amines) is 2. The van der Waals surface area contributed by atoms with Gasteiger partial charge in [0, 0.05) is 59.0 Å². The summed E-state index contributed by atoms with van der Waals surface area (Å²) in [7, 11) is 4.56. The maximum Gasteiger partial charge on any atom is 0.410 e. The number of hydrogen-bond acceptors (Lipinski definition) is 12. The Labute approximate surface area is 450 Å². The largest absolute Gasteiger partial charge is 0.444 e. The fourth-order valence-electron chi connectivity index (χ4n) is 8.91. The lowest BCUT2D eigenvalue weighted by molar-refractivity contribution is -0.137. The van der Waals surface area contributed by atoms with Crippen molar-refractivity contribution < 1.29 is 49.1 Å². The van der Waals surface area contributed by atoms with E-state index >= 15 is 0 Å². The molecule has 4 saturated heterocycles. The fraction of sp³-hybridized carbons (Fsp3) is 0.547. The highest BCUT2D eigenvalue weighted by Crippen LogP contribution is 2.28. The van der Waals surface area contributed by atoms with E-state index in [0.29, 0.717) is 74.2 Å². The number of imidazole rings is 2. The van der Waals surface area contributed by atoms with E-state index in [9.17, 15) is 38.4 Å². The predicted octanol–water partition coefficient (Wildman–Crippen LogP) is 5.90. The maximum absolute atomic E-state index is 13.0. The number of hydrogen-bond donors (Lipinski definition) is 2. The molecule has 0 aliphatic carbocycles. The van der Waals surface area contributed by atoms with Crippen LogP contribution in [0.25, 0.3) is 22.1 Å². The molecule has 4 aromatic rings. The molecule has 408 valence electrons. The molecule has 6 heterocycles. The van der Waals surface area contributed by atoms with Gasteiger partial charge in [-0.3, -0.25) is 48.1 Å². The first-order valence-corrected chi connectivity index (χ1v) is 25.1. The molecule has 0 radical (unpaired) electrons. The third-order valence-corrected chi connectivity index (χ3v) is 13.0. The number of halogens is 1. The summed E-state index contributed by atoms with van der Waals surface area (Å²) in [5.74, 6) is 7.07. The van der Waals surface area contributed by atoms with Crippen molar-refractivity contribution in [3.63, 3.8) is 0 Å². The SMILES string of the molecule is C#CCOC1CCN(C(=O)OC(C)(C)C)CC1.Cn1c(=O)n(C2CCC(=O)NC2=O)c2cccc(Br)c21.Cn1c(=O)n(C2CCC(=O)NC2=O)c2cccc(C#CCOC3CCN(C(=O)OC(C)(C)C)CC3)c21.P.[3H]C. The minimum atomic E-state index is -0.739. The lowest BCUT2D eigenvalue weighted by Crippen LogP contribution is -2.44. The van der Waals surface area contributed by atoms with E-state index in [4.69, 9.17) is 26.7 Å². The summed E-state index contributed by atoms with van der Waals surface area (Å²) in [6.07, 6.45) is 8.87. The average Bonchev–Trinajstić information content (AvgIpc) is 3.76. The first-order valence-electron chi connectivity index (χ1n) is 25.3. The number of fused-ring (bicyclic) bond motifs is 2. The van der Waals surface area contributed by atoms with Gasteiger partial charge in [0.25, 0.3) is 0 Å². The molecule has 0 spiro atoms. The number of imide groups is 2. The number of amides is 6. The second-order valence-electron chi connectivity index (χ2n) is 20.1. The van der Waals surface area contributed by atoms with Gasteiger partial charge in [-0.15, -0.1) is 6.42 Å². The summed E-state index contributed by atoms with van der Waals surface area (Å²) in [6.45, 7) is 14.2. The molecule has 8 rings (SSSR count). The number of carbonyl (C=O) groups is 6. The van der Waals surface area contributed by atoms with Crippen molar-refractivity contribution in [2.24, 2.45) is 14.1 Å². The van der Waals surface area contributed by atoms with E-state index in [1.807, 2.05) is 59.7 Å². The monoisotopic (exact) mass is 1120 g/mol. The van der Waals surface area contributed by atoms with Gasteiger partial charge < -0.3 is 28.7 Å².